The summed E-state index contributed by atoms with van der Waals surface area (Å²) in [6.45, 7) is 2.86. The molecule has 8 nitrogen and oxygen atoms in total. The first-order valence-electron chi connectivity index (χ1n) is 10.3. The number of morpholine rings is 1. The lowest BCUT2D eigenvalue weighted by molar-refractivity contribution is -0.116. The van der Waals surface area contributed by atoms with Gasteiger partial charge in [0.1, 0.15) is 16.5 Å². The summed E-state index contributed by atoms with van der Waals surface area (Å²) < 4.78 is 59.5. The number of carbonyl (C=O) groups is 1. The monoisotopic (exact) mass is 496 g/mol. The number of nitrogens with zero attached hydrogens (tertiary/aromatic N) is 2. The van der Waals surface area contributed by atoms with Crippen molar-refractivity contribution in [3.8, 4) is 0 Å². The predicted molar refractivity (Wildman–Crippen MR) is 122 cm³/mol. The molecule has 1 saturated heterocycles. The number of halogens is 2. The standard InChI is InChI=1S/C21H22F2N4O4S2/c22-14-3-6-19(16(23)12-14)33(29,30)24-7-1-2-20(28)25-15-4-5-17-18(13-15)32-21(26-17)27-8-10-31-11-9-27/h3-6,12-13,24H,1-2,7-11H2,(H,25,28). The Hall–Kier alpha value is -2.67. The lowest BCUT2D eigenvalue weighted by Gasteiger charge is -2.25. The minimum Gasteiger partial charge on any atom is -0.378 e. The van der Waals surface area contributed by atoms with Crippen LogP contribution < -0.4 is 14.9 Å². The van der Waals surface area contributed by atoms with E-state index in [0.29, 0.717) is 25.0 Å². The topological polar surface area (TPSA) is 101 Å². The van der Waals surface area contributed by atoms with Gasteiger partial charge < -0.3 is 15.0 Å². The molecule has 3 aromatic rings. The largest absolute Gasteiger partial charge is 0.378 e. The van der Waals surface area contributed by atoms with Gasteiger partial charge in [-0.2, -0.15) is 0 Å². The van der Waals surface area contributed by atoms with E-state index in [1.54, 1.807) is 17.4 Å². The third-order valence-corrected chi connectivity index (χ3v) is 7.57. The van der Waals surface area contributed by atoms with Crippen molar-refractivity contribution in [2.24, 2.45) is 0 Å². The molecule has 0 atom stereocenters. The van der Waals surface area contributed by atoms with Gasteiger partial charge in [-0.3, -0.25) is 4.79 Å². The van der Waals surface area contributed by atoms with Crippen molar-refractivity contribution in [1.82, 2.24) is 9.71 Å². The molecular weight excluding hydrogens is 474 g/mol. The van der Waals surface area contributed by atoms with E-state index >= 15 is 0 Å². The second-order valence-electron chi connectivity index (χ2n) is 7.40. The summed E-state index contributed by atoms with van der Waals surface area (Å²) in [5.74, 6) is -2.31. The first-order chi connectivity index (χ1) is 15.8. The Morgan fingerprint density at radius 3 is 2.70 bits per heavy atom. The summed E-state index contributed by atoms with van der Waals surface area (Å²) in [4.78, 5) is 18.4. The summed E-state index contributed by atoms with van der Waals surface area (Å²) in [5.41, 5.74) is 1.47. The highest BCUT2D eigenvalue weighted by Crippen LogP contribution is 2.31. The summed E-state index contributed by atoms with van der Waals surface area (Å²) >= 11 is 1.55. The van der Waals surface area contributed by atoms with E-state index in [1.165, 1.54) is 0 Å². The fourth-order valence-electron chi connectivity index (χ4n) is 3.33. The normalized spacial score (nSPS) is 14.5. The number of nitrogens with one attached hydrogen (secondary N) is 2. The van der Waals surface area contributed by atoms with Gasteiger partial charge in [0, 0.05) is 37.8 Å². The maximum Gasteiger partial charge on any atom is 0.243 e. The average molecular weight is 497 g/mol. The van der Waals surface area contributed by atoms with Gasteiger partial charge in [-0.15, -0.1) is 0 Å². The van der Waals surface area contributed by atoms with E-state index in [-0.39, 0.29) is 25.3 Å². The van der Waals surface area contributed by atoms with Crippen LogP contribution in [0, 0.1) is 11.6 Å². The van der Waals surface area contributed by atoms with Crippen LogP contribution in [0.2, 0.25) is 0 Å². The third kappa shape index (κ3) is 5.82. The molecule has 1 amide bonds. The second-order valence-corrected chi connectivity index (χ2v) is 10.1. The van der Waals surface area contributed by atoms with E-state index in [2.05, 4.69) is 19.9 Å². The highest BCUT2D eigenvalue weighted by Gasteiger charge is 2.19. The Bertz CT molecular complexity index is 1260. The molecule has 0 aliphatic carbocycles. The number of aromatic nitrogens is 1. The van der Waals surface area contributed by atoms with Gasteiger partial charge >= 0.3 is 0 Å². The molecule has 2 aromatic carbocycles. The smallest absolute Gasteiger partial charge is 0.243 e. The average Bonchev–Trinajstić information content (AvgIpc) is 3.20. The zero-order chi connectivity index (χ0) is 23.4. The molecule has 1 aliphatic rings. The molecular formula is C21H22F2N4O4S2. The molecule has 1 aromatic heterocycles. The molecule has 0 spiro atoms. The van der Waals surface area contributed by atoms with E-state index < -0.39 is 26.6 Å². The van der Waals surface area contributed by atoms with Crippen LogP contribution in [-0.2, 0) is 19.6 Å². The zero-order valence-corrected chi connectivity index (χ0v) is 19.1. The Labute approximate surface area is 193 Å². The molecule has 12 heteroatoms. The summed E-state index contributed by atoms with van der Waals surface area (Å²) in [6, 6.07) is 7.70. The van der Waals surface area contributed by atoms with Crippen molar-refractivity contribution in [2.45, 2.75) is 17.7 Å². The zero-order valence-electron chi connectivity index (χ0n) is 17.5. The lowest BCUT2D eigenvalue weighted by atomic mass is 10.2. The van der Waals surface area contributed by atoms with Gasteiger partial charge in [-0.25, -0.2) is 26.9 Å². The number of anilines is 2. The van der Waals surface area contributed by atoms with Gasteiger partial charge in [-0.1, -0.05) is 11.3 Å². The van der Waals surface area contributed by atoms with E-state index in [4.69, 9.17) is 4.74 Å². The Kier molecular flexibility index (Phi) is 7.17. The summed E-state index contributed by atoms with van der Waals surface area (Å²) in [6.07, 6.45) is 0.270. The number of sulfonamides is 1. The Morgan fingerprint density at radius 1 is 1.15 bits per heavy atom. The Morgan fingerprint density at radius 2 is 1.94 bits per heavy atom. The number of benzene rings is 2. The minimum atomic E-state index is -4.14. The van der Waals surface area contributed by atoms with Gasteiger partial charge in [-0.05, 0) is 36.8 Å². The van der Waals surface area contributed by atoms with Gasteiger partial charge in [0.05, 0.1) is 23.4 Å². The molecule has 2 N–H and O–H groups in total. The SMILES string of the molecule is O=C(CCCNS(=O)(=O)c1ccc(F)cc1F)Nc1ccc2nc(N3CCOCC3)sc2c1. The number of rotatable bonds is 8. The highest BCUT2D eigenvalue weighted by molar-refractivity contribution is 7.89. The Balaban J connectivity index is 1.28. The van der Waals surface area contributed by atoms with Crippen molar-refractivity contribution in [2.75, 3.05) is 43.1 Å². The first-order valence-corrected chi connectivity index (χ1v) is 12.6. The third-order valence-electron chi connectivity index (χ3n) is 5.00. The number of hydrogen-bond donors (Lipinski definition) is 2. The maximum atomic E-state index is 13.7. The molecule has 1 aliphatic heterocycles. The molecule has 0 saturated carbocycles. The molecule has 4 rings (SSSR count). The first kappa shape index (κ1) is 23.5. The fraction of sp³-hybridized carbons (Fsp3) is 0.333. The number of amides is 1. The van der Waals surface area contributed by atoms with E-state index in [9.17, 15) is 22.0 Å². The van der Waals surface area contributed by atoms with Gasteiger partial charge in [0.25, 0.3) is 0 Å². The highest BCUT2D eigenvalue weighted by atomic mass is 32.2. The van der Waals surface area contributed by atoms with Crippen molar-refractivity contribution < 1.29 is 26.7 Å². The van der Waals surface area contributed by atoms with Crippen molar-refractivity contribution in [3.05, 3.63) is 48.0 Å². The van der Waals surface area contributed by atoms with Gasteiger partial charge in [0.2, 0.25) is 15.9 Å². The van der Waals surface area contributed by atoms with Crippen LogP contribution in [0.25, 0.3) is 10.2 Å². The van der Waals surface area contributed by atoms with Crippen LogP contribution in [-0.4, -0.2) is 52.2 Å². The molecule has 0 unspecified atom stereocenters. The minimum absolute atomic E-state index is 0.0637. The van der Waals surface area contributed by atoms with Crippen molar-refractivity contribution in [3.63, 3.8) is 0 Å². The molecule has 33 heavy (non-hydrogen) atoms. The number of fused-ring (bicyclic) bond motifs is 1. The van der Waals surface area contributed by atoms with Crippen LogP contribution in [0.15, 0.2) is 41.3 Å². The molecule has 0 bridgehead atoms. The summed E-state index contributed by atoms with van der Waals surface area (Å²) in [5, 5.41) is 3.71. The van der Waals surface area contributed by atoms with Crippen LogP contribution >= 0.6 is 11.3 Å². The number of hydrogen-bond acceptors (Lipinski definition) is 7. The van der Waals surface area contributed by atoms with E-state index in [1.807, 2.05) is 12.1 Å². The number of ether oxygens (including phenoxy) is 1. The maximum absolute atomic E-state index is 13.7. The second kappa shape index (κ2) is 10.1. The number of carbonyl (C=O) groups excluding carboxylic acids is 1. The molecule has 176 valence electrons. The quantitative estimate of drug-likeness (QED) is 0.465. The van der Waals surface area contributed by atoms with Crippen molar-refractivity contribution >= 4 is 48.3 Å². The van der Waals surface area contributed by atoms with Crippen molar-refractivity contribution in [1.29, 1.82) is 0 Å². The van der Waals surface area contributed by atoms with Crippen LogP contribution in [0.5, 0.6) is 0 Å². The summed E-state index contributed by atoms with van der Waals surface area (Å²) in [7, 11) is -4.14. The lowest BCUT2D eigenvalue weighted by Crippen LogP contribution is -2.36. The van der Waals surface area contributed by atoms with Crippen LogP contribution in [0.4, 0.5) is 19.6 Å². The predicted octanol–water partition coefficient (Wildman–Crippen LogP) is 3.11. The fourth-order valence-corrected chi connectivity index (χ4v) is 5.52. The van der Waals surface area contributed by atoms with Crippen LogP contribution in [0.1, 0.15) is 12.8 Å². The molecule has 0 radical (unpaired) electrons. The van der Waals surface area contributed by atoms with Gasteiger partial charge in [0.15, 0.2) is 5.13 Å². The molecule has 1 fully saturated rings. The number of thiazole rings is 1. The van der Waals surface area contributed by atoms with Crippen LogP contribution in [0.3, 0.4) is 0 Å². The molecule has 2 heterocycles. The van der Waals surface area contributed by atoms with E-state index in [0.717, 1.165) is 40.6 Å².